The Morgan fingerprint density at radius 3 is 2.44 bits per heavy atom. The van der Waals surface area contributed by atoms with Crippen LogP contribution in [0.5, 0.6) is 0 Å². The standard InChI is InChI=1S/C9H17N3O3S/c1-7-9(8(2)15-11-7)5-6-10-16(13,14)12(3)4/h10H,5-6H2,1-4H3. The fraction of sp³-hybridized carbons (Fsp3) is 0.667. The van der Waals surface area contributed by atoms with Gasteiger partial charge >= 0.3 is 0 Å². The molecule has 0 radical (unpaired) electrons. The van der Waals surface area contributed by atoms with E-state index in [1.165, 1.54) is 14.1 Å². The van der Waals surface area contributed by atoms with Crippen LogP contribution in [0.25, 0.3) is 0 Å². The second kappa shape index (κ2) is 4.94. The van der Waals surface area contributed by atoms with Crippen molar-refractivity contribution in [1.82, 2.24) is 14.2 Å². The zero-order valence-corrected chi connectivity index (χ0v) is 10.8. The van der Waals surface area contributed by atoms with E-state index in [4.69, 9.17) is 4.52 Å². The van der Waals surface area contributed by atoms with E-state index in [0.29, 0.717) is 13.0 Å². The average molecular weight is 247 g/mol. The van der Waals surface area contributed by atoms with Gasteiger partial charge in [-0.15, -0.1) is 0 Å². The second-order valence-corrected chi connectivity index (χ2v) is 5.70. The first kappa shape index (κ1) is 13.1. The van der Waals surface area contributed by atoms with E-state index in [9.17, 15) is 8.42 Å². The maximum Gasteiger partial charge on any atom is 0.278 e. The summed E-state index contributed by atoms with van der Waals surface area (Å²) >= 11 is 0. The molecule has 0 amide bonds. The topological polar surface area (TPSA) is 75.4 Å². The van der Waals surface area contributed by atoms with Crippen molar-refractivity contribution < 1.29 is 12.9 Å². The first-order valence-corrected chi connectivity index (χ1v) is 6.37. The van der Waals surface area contributed by atoms with Crippen LogP contribution in [-0.4, -0.2) is 38.5 Å². The number of hydrogen-bond acceptors (Lipinski definition) is 4. The third-order valence-electron chi connectivity index (χ3n) is 2.32. The summed E-state index contributed by atoms with van der Waals surface area (Å²) in [5.41, 5.74) is 1.77. The molecular weight excluding hydrogens is 230 g/mol. The summed E-state index contributed by atoms with van der Waals surface area (Å²) in [5, 5.41) is 3.80. The SMILES string of the molecule is Cc1noc(C)c1CCNS(=O)(=O)N(C)C. The quantitative estimate of drug-likeness (QED) is 0.808. The summed E-state index contributed by atoms with van der Waals surface area (Å²) in [4.78, 5) is 0. The van der Waals surface area contributed by atoms with Crippen LogP contribution in [0.4, 0.5) is 0 Å². The Hall–Kier alpha value is -0.920. The van der Waals surface area contributed by atoms with E-state index in [1.807, 2.05) is 13.8 Å². The van der Waals surface area contributed by atoms with Crippen LogP contribution < -0.4 is 4.72 Å². The van der Waals surface area contributed by atoms with Gasteiger partial charge in [0, 0.05) is 26.2 Å². The van der Waals surface area contributed by atoms with E-state index < -0.39 is 10.2 Å². The van der Waals surface area contributed by atoms with Crippen LogP contribution in [0, 0.1) is 13.8 Å². The third kappa shape index (κ3) is 3.03. The van der Waals surface area contributed by atoms with Gasteiger partial charge in [0.15, 0.2) is 0 Å². The minimum absolute atomic E-state index is 0.337. The van der Waals surface area contributed by atoms with Gasteiger partial charge in [0.2, 0.25) is 0 Å². The highest BCUT2D eigenvalue weighted by molar-refractivity contribution is 7.87. The number of hydrogen-bond donors (Lipinski definition) is 1. The fourth-order valence-corrected chi connectivity index (χ4v) is 1.91. The van der Waals surface area contributed by atoms with E-state index in [-0.39, 0.29) is 0 Å². The van der Waals surface area contributed by atoms with Gasteiger partial charge in [0.25, 0.3) is 10.2 Å². The van der Waals surface area contributed by atoms with Gasteiger partial charge in [-0.3, -0.25) is 0 Å². The summed E-state index contributed by atoms with van der Waals surface area (Å²) in [6.07, 6.45) is 0.578. The van der Waals surface area contributed by atoms with Gasteiger partial charge in [0.1, 0.15) is 5.76 Å². The van der Waals surface area contributed by atoms with Gasteiger partial charge in [-0.1, -0.05) is 5.16 Å². The molecular formula is C9H17N3O3S. The highest BCUT2D eigenvalue weighted by Crippen LogP contribution is 2.12. The van der Waals surface area contributed by atoms with Gasteiger partial charge in [-0.2, -0.15) is 12.7 Å². The van der Waals surface area contributed by atoms with Crippen LogP contribution in [0.3, 0.4) is 0 Å². The Morgan fingerprint density at radius 1 is 1.38 bits per heavy atom. The van der Waals surface area contributed by atoms with Crippen molar-refractivity contribution in [3.63, 3.8) is 0 Å². The minimum atomic E-state index is -3.34. The summed E-state index contributed by atoms with van der Waals surface area (Å²) in [7, 11) is -0.376. The molecule has 92 valence electrons. The Morgan fingerprint density at radius 2 is 2.00 bits per heavy atom. The largest absolute Gasteiger partial charge is 0.361 e. The number of nitrogens with one attached hydrogen (secondary N) is 1. The molecule has 1 aromatic heterocycles. The van der Waals surface area contributed by atoms with Crippen molar-refractivity contribution in [2.45, 2.75) is 20.3 Å². The molecule has 16 heavy (non-hydrogen) atoms. The Labute approximate surface area is 95.8 Å². The first-order valence-electron chi connectivity index (χ1n) is 4.93. The van der Waals surface area contributed by atoms with Crippen molar-refractivity contribution in [2.75, 3.05) is 20.6 Å². The van der Waals surface area contributed by atoms with E-state index in [1.54, 1.807) is 0 Å². The Kier molecular flexibility index (Phi) is 4.06. The van der Waals surface area contributed by atoms with Crippen molar-refractivity contribution in [3.8, 4) is 0 Å². The molecule has 0 saturated carbocycles. The Balaban J connectivity index is 2.55. The summed E-state index contributed by atoms with van der Waals surface area (Å²) < 4.78 is 31.4. The van der Waals surface area contributed by atoms with Crippen molar-refractivity contribution in [2.24, 2.45) is 0 Å². The molecule has 0 aliphatic rings. The molecule has 0 aromatic carbocycles. The molecule has 0 unspecified atom stereocenters. The lowest BCUT2D eigenvalue weighted by atomic mass is 10.1. The smallest absolute Gasteiger partial charge is 0.278 e. The number of aryl methyl sites for hydroxylation is 2. The minimum Gasteiger partial charge on any atom is -0.361 e. The molecule has 1 rings (SSSR count). The first-order chi connectivity index (χ1) is 7.34. The number of aromatic nitrogens is 1. The van der Waals surface area contributed by atoms with Crippen molar-refractivity contribution >= 4 is 10.2 Å². The lowest BCUT2D eigenvalue weighted by molar-refractivity contribution is 0.392. The molecule has 0 spiro atoms. The van der Waals surface area contributed by atoms with E-state index in [0.717, 1.165) is 21.3 Å². The molecule has 0 aliphatic heterocycles. The van der Waals surface area contributed by atoms with Gasteiger partial charge in [0.05, 0.1) is 5.69 Å². The molecule has 1 aromatic rings. The molecule has 0 saturated heterocycles. The monoisotopic (exact) mass is 247 g/mol. The van der Waals surface area contributed by atoms with Crippen LogP contribution in [0.15, 0.2) is 4.52 Å². The van der Waals surface area contributed by atoms with Crippen LogP contribution in [0.1, 0.15) is 17.0 Å². The maximum atomic E-state index is 11.4. The molecule has 1 heterocycles. The highest BCUT2D eigenvalue weighted by Gasteiger charge is 2.14. The summed E-state index contributed by atoms with van der Waals surface area (Å²) in [6.45, 7) is 3.99. The third-order valence-corrected chi connectivity index (χ3v) is 3.85. The maximum absolute atomic E-state index is 11.4. The molecule has 0 fully saturated rings. The molecule has 0 atom stereocenters. The Bertz CT molecular complexity index is 431. The molecule has 6 nitrogen and oxygen atoms in total. The molecule has 7 heteroatoms. The predicted octanol–water partition coefficient (Wildman–Crippen LogP) is 0.230. The average Bonchev–Trinajstić information content (AvgIpc) is 2.48. The van der Waals surface area contributed by atoms with Crippen molar-refractivity contribution in [3.05, 3.63) is 17.0 Å². The molecule has 0 bridgehead atoms. The number of rotatable bonds is 5. The van der Waals surface area contributed by atoms with Gasteiger partial charge < -0.3 is 4.52 Å². The normalized spacial score (nSPS) is 12.3. The van der Waals surface area contributed by atoms with Crippen LogP contribution in [0.2, 0.25) is 0 Å². The van der Waals surface area contributed by atoms with E-state index in [2.05, 4.69) is 9.88 Å². The van der Waals surface area contributed by atoms with Crippen LogP contribution in [-0.2, 0) is 16.6 Å². The molecule has 1 N–H and O–H groups in total. The molecule has 0 aliphatic carbocycles. The van der Waals surface area contributed by atoms with Gasteiger partial charge in [-0.25, -0.2) is 4.72 Å². The predicted molar refractivity (Wildman–Crippen MR) is 60.3 cm³/mol. The highest BCUT2D eigenvalue weighted by atomic mass is 32.2. The van der Waals surface area contributed by atoms with Crippen molar-refractivity contribution in [1.29, 1.82) is 0 Å². The fourth-order valence-electron chi connectivity index (χ4n) is 1.29. The lowest BCUT2D eigenvalue weighted by Gasteiger charge is -2.11. The zero-order chi connectivity index (χ0) is 12.3. The number of nitrogens with zero attached hydrogens (tertiary/aromatic N) is 2. The van der Waals surface area contributed by atoms with Gasteiger partial charge in [-0.05, 0) is 20.3 Å². The lowest BCUT2D eigenvalue weighted by Crippen LogP contribution is -2.36. The second-order valence-electron chi connectivity index (χ2n) is 3.73. The van der Waals surface area contributed by atoms with E-state index >= 15 is 0 Å². The zero-order valence-electron chi connectivity index (χ0n) is 9.94. The summed E-state index contributed by atoms with van der Waals surface area (Å²) in [5.74, 6) is 0.738. The van der Waals surface area contributed by atoms with Crippen LogP contribution >= 0.6 is 0 Å². The summed E-state index contributed by atoms with van der Waals surface area (Å²) in [6, 6.07) is 0.